The first-order chi connectivity index (χ1) is 7.12. The van der Waals surface area contributed by atoms with Gasteiger partial charge in [0.1, 0.15) is 0 Å². The molecule has 0 aromatic heterocycles. The summed E-state index contributed by atoms with van der Waals surface area (Å²) < 4.78 is 11.4. The van der Waals surface area contributed by atoms with Gasteiger partial charge in [0.15, 0.2) is 0 Å². The zero-order chi connectivity index (χ0) is 10.9. The Balaban J connectivity index is 1.75. The van der Waals surface area contributed by atoms with Crippen LogP contribution in [-0.4, -0.2) is 33.8 Å². The van der Waals surface area contributed by atoms with Gasteiger partial charge in [-0.05, 0) is 25.7 Å². The van der Waals surface area contributed by atoms with E-state index < -0.39 is 10.8 Å². The third kappa shape index (κ3) is 2.51. The van der Waals surface area contributed by atoms with E-state index in [2.05, 4.69) is 10.6 Å². The molecule has 0 aliphatic heterocycles. The first-order valence-electron chi connectivity index (χ1n) is 5.50. The zero-order valence-corrected chi connectivity index (χ0v) is 9.86. The van der Waals surface area contributed by atoms with Crippen molar-refractivity contribution in [1.82, 2.24) is 10.6 Å². The third-order valence-electron chi connectivity index (χ3n) is 3.36. The van der Waals surface area contributed by atoms with Crippen molar-refractivity contribution in [1.29, 1.82) is 0 Å². The van der Waals surface area contributed by atoms with Crippen LogP contribution in [0.5, 0.6) is 0 Å². The minimum absolute atomic E-state index is 0.103. The highest BCUT2D eigenvalue weighted by molar-refractivity contribution is 7.85. The molecule has 2 N–H and O–H groups in total. The minimum atomic E-state index is -0.838. The molecule has 2 aliphatic rings. The van der Waals surface area contributed by atoms with Crippen molar-refractivity contribution in [3.05, 3.63) is 0 Å². The van der Waals surface area contributed by atoms with E-state index in [-0.39, 0.29) is 10.8 Å². The van der Waals surface area contributed by atoms with Crippen LogP contribution in [0.25, 0.3) is 0 Å². The summed E-state index contributed by atoms with van der Waals surface area (Å²) in [6.07, 6.45) is 7.00. The molecule has 86 valence electrons. The zero-order valence-electron chi connectivity index (χ0n) is 9.04. The van der Waals surface area contributed by atoms with Crippen LogP contribution in [0.1, 0.15) is 32.1 Å². The SMILES string of the molecule is CS(=O)C1(CNC(=O)NC2CC2)CCC1. The summed E-state index contributed by atoms with van der Waals surface area (Å²) in [4.78, 5) is 11.4. The van der Waals surface area contributed by atoms with E-state index in [4.69, 9.17) is 0 Å². The summed E-state index contributed by atoms with van der Waals surface area (Å²) in [5.41, 5.74) is 0. The number of carbonyl (C=O) groups is 1. The van der Waals surface area contributed by atoms with Crippen LogP contribution in [-0.2, 0) is 10.8 Å². The minimum Gasteiger partial charge on any atom is -0.337 e. The lowest BCUT2D eigenvalue weighted by Crippen LogP contribution is -2.52. The molecule has 1 unspecified atom stereocenters. The van der Waals surface area contributed by atoms with Crippen LogP contribution in [0.15, 0.2) is 0 Å². The van der Waals surface area contributed by atoms with Crippen LogP contribution < -0.4 is 10.6 Å². The normalized spacial score (nSPS) is 25.1. The van der Waals surface area contributed by atoms with Crippen molar-refractivity contribution in [3.8, 4) is 0 Å². The summed E-state index contributed by atoms with van der Waals surface area (Å²) in [7, 11) is -0.838. The van der Waals surface area contributed by atoms with E-state index in [1.165, 1.54) is 0 Å². The highest BCUT2D eigenvalue weighted by Gasteiger charge is 2.41. The molecular formula is C10H18N2O2S. The molecular weight excluding hydrogens is 212 g/mol. The fourth-order valence-corrected chi connectivity index (χ4v) is 2.98. The Morgan fingerprint density at radius 1 is 1.47 bits per heavy atom. The lowest BCUT2D eigenvalue weighted by Gasteiger charge is -2.39. The molecule has 4 nitrogen and oxygen atoms in total. The number of carbonyl (C=O) groups excluding carboxylic acids is 1. The van der Waals surface area contributed by atoms with E-state index in [0.717, 1.165) is 32.1 Å². The second-order valence-electron chi connectivity index (χ2n) is 4.59. The highest BCUT2D eigenvalue weighted by Crippen LogP contribution is 2.36. The van der Waals surface area contributed by atoms with Crippen molar-refractivity contribution < 1.29 is 9.00 Å². The van der Waals surface area contributed by atoms with Crippen molar-refractivity contribution in [3.63, 3.8) is 0 Å². The maximum atomic E-state index is 11.5. The molecule has 15 heavy (non-hydrogen) atoms. The number of rotatable bonds is 4. The molecule has 2 fully saturated rings. The Labute approximate surface area is 92.6 Å². The predicted octanol–water partition coefficient (Wildman–Crippen LogP) is 0.749. The molecule has 0 aromatic carbocycles. The summed E-state index contributed by atoms with van der Waals surface area (Å²) in [6.45, 7) is 0.550. The molecule has 0 saturated heterocycles. The van der Waals surface area contributed by atoms with Gasteiger partial charge in [-0.25, -0.2) is 4.79 Å². The third-order valence-corrected chi connectivity index (χ3v) is 5.13. The van der Waals surface area contributed by atoms with Gasteiger partial charge in [-0.3, -0.25) is 4.21 Å². The van der Waals surface area contributed by atoms with Gasteiger partial charge in [-0.15, -0.1) is 0 Å². The Morgan fingerprint density at radius 2 is 2.13 bits per heavy atom. The van der Waals surface area contributed by atoms with Crippen molar-refractivity contribution in [2.75, 3.05) is 12.8 Å². The maximum Gasteiger partial charge on any atom is 0.315 e. The van der Waals surface area contributed by atoms with Crippen LogP contribution in [0.3, 0.4) is 0 Å². The molecule has 1 atom stereocenters. The van der Waals surface area contributed by atoms with Gasteiger partial charge in [0.25, 0.3) is 0 Å². The van der Waals surface area contributed by atoms with Gasteiger partial charge in [0, 0.05) is 29.6 Å². The lowest BCUT2D eigenvalue weighted by atomic mass is 9.84. The van der Waals surface area contributed by atoms with Gasteiger partial charge in [0.2, 0.25) is 0 Å². The van der Waals surface area contributed by atoms with Crippen molar-refractivity contribution in [2.45, 2.75) is 42.9 Å². The molecule has 0 aromatic rings. The molecule has 5 heteroatoms. The van der Waals surface area contributed by atoms with Crippen LogP contribution in [0.2, 0.25) is 0 Å². The molecule has 2 saturated carbocycles. The molecule has 2 rings (SSSR count). The number of nitrogens with one attached hydrogen (secondary N) is 2. The fourth-order valence-electron chi connectivity index (χ4n) is 1.84. The second kappa shape index (κ2) is 4.12. The summed E-state index contributed by atoms with van der Waals surface area (Å²) >= 11 is 0. The molecule has 2 aliphatic carbocycles. The van der Waals surface area contributed by atoms with E-state index in [1.54, 1.807) is 6.26 Å². The van der Waals surface area contributed by atoms with Crippen LogP contribution in [0.4, 0.5) is 4.79 Å². The topological polar surface area (TPSA) is 58.2 Å². The van der Waals surface area contributed by atoms with E-state index >= 15 is 0 Å². The summed E-state index contributed by atoms with van der Waals surface area (Å²) in [5.74, 6) is 0. The number of amides is 2. The molecule has 2 amide bonds. The molecule has 0 heterocycles. The van der Waals surface area contributed by atoms with Gasteiger partial charge < -0.3 is 10.6 Å². The summed E-state index contributed by atoms with van der Waals surface area (Å²) in [5, 5.41) is 5.70. The van der Waals surface area contributed by atoms with E-state index in [1.807, 2.05) is 0 Å². The predicted molar refractivity (Wildman–Crippen MR) is 60.2 cm³/mol. The monoisotopic (exact) mass is 230 g/mol. The standard InChI is InChI=1S/C10H18N2O2S/c1-15(14)10(5-2-6-10)7-11-9(13)12-8-3-4-8/h8H,2-7H2,1H3,(H2,11,12,13). The average Bonchev–Trinajstić information content (AvgIpc) is 2.85. The van der Waals surface area contributed by atoms with Crippen LogP contribution >= 0.6 is 0 Å². The Morgan fingerprint density at radius 3 is 2.53 bits per heavy atom. The number of hydrogen-bond donors (Lipinski definition) is 2. The Bertz CT molecular complexity index is 285. The van der Waals surface area contributed by atoms with Gasteiger partial charge in [-0.2, -0.15) is 0 Å². The first kappa shape index (κ1) is 10.9. The van der Waals surface area contributed by atoms with E-state index in [9.17, 15) is 9.00 Å². The van der Waals surface area contributed by atoms with Crippen molar-refractivity contribution >= 4 is 16.8 Å². The smallest absolute Gasteiger partial charge is 0.315 e. The first-order valence-corrected chi connectivity index (χ1v) is 7.06. The van der Waals surface area contributed by atoms with E-state index in [0.29, 0.717) is 12.6 Å². The quantitative estimate of drug-likeness (QED) is 0.748. The Kier molecular flexibility index (Phi) is 3.00. The average molecular weight is 230 g/mol. The lowest BCUT2D eigenvalue weighted by molar-refractivity contribution is 0.235. The number of hydrogen-bond acceptors (Lipinski definition) is 2. The fraction of sp³-hybridized carbons (Fsp3) is 0.900. The number of urea groups is 1. The Hall–Kier alpha value is -0.580. The second-order valence-corrected chi connectivity index (χ2v) is 6.37. The summed E-state index contributed by atoms with van der Waals surface area (Å²) in [6, 6.07) is 0.281. The highest BCUT2D eigenvalue weighted by atomic mass is 32.2. The van der Waals surface area contributed by atoms with Gasteiger partial charge >= 0.3 is 6.03 Å². The molecule has 0 bridgehead atoms. The van der Waals surface area contributed by atoms with Crippen molar-refractivity contribution in [2.24, 2.45) is 0 Å². The largest absolute Gasteiger partial charge is 0.337 e. The molecule has 0 radical (unpaired) electrons. The maximum absolute atomic E-state index is 11.5. The van der Waals surface area contributed by atoms with Gasteiger partial charge in [-0.1, -0.05) is 6.42 Å². The van der Waals surface area contributed by atoms with Gasteiger partial charge in [0.05, 0.1) is 4.75 Å². The van der Waals surface area contributed by atoms with Crippen LogP contribution in [0, 0.1) is 0 Å². The molecule has 0 spiro atoms.